The summed E-state index contributed by atoms with van der Waals surface area (Å²) in [5.74, 6) is -0.484. The summed E-state index contributed by atoms with van der Waals surface area (Å²) in [6, 6.07) is 8.76. The molecular formula is C18H22N4O2. The zero-order valence-corrected chi connectivity index (χ0v) is 14.2. The zero-order chi connectivity index (χ0) is 17.5. The lowest BCUT2D eigenvalue weighted by atomic mass is 10.2. The number of rotatable bonds is 6. The van der Waals surface area contributed by atoms with Crippen molar-refractivity contribution >= 4 is 11.8 Å². The van der Waals surface area contributed by atoms with E-state index in [0.29, 0.717) is 6.54 Å². The van der Waals surface area contributed by atoms with Crippen LogP contribution in [-0.4, -0.2) is 46.3 Å². The van der Waals surface area contributed by atoms with Gasteiger partial charge >= 0.3 is 0 Å². The topological polar surface area (TPSA) is 75.2 Å². The Bertz CT molecular complexity index is 701. The fraction of sp³-hybridized carbons (Fsp3) is 0.333. The lowest BCUT2D eigenvalue weighted by Gasteiger charge is -2.17. The van der Waals surface area contributed by atoms with E-state index in [1.807, 2.05) is 26.0 Å². The number of carbonyl (C=O) groups excluding carboxylic acids is 2. The minimum atomic E-state index is -0.279. The second kappa shape index (κ2) is 8.19. The molecule has 24 heavy (non-hydrogen) atoms. The molecule has 0 saturated carbocycles. The van der Waals surface area contributed by atoms with E-state index < -0.39 is 0 Å². The van der Waals surface area contributed by atoms with Crippen LogP contribution in [0.25, 0.3) is 0 Å². The molecule has 2 aromatic heterocycles. The van der Waals surface area contributed by atoms with Crippen molar-refractivity contribution in [1.82, 2.24) is 20.2 Å². The van der Waals surface area contributed by atoms with E-state index in [-0.39, 0.29) is 29.2 Å². The molecule has 126 valence electrons. The van der Waals surface area contributed by atoms with Crippen LogP contribution in [0.5, 0.6) is 0 Å². The summed E-state index contributed by atoms with van der Waals surface area (Å²) in [7, 11) is 1.73. The molecular weight excluding hydrogens is 304 g/mol. The fourth-order valence-electron chi connectivity index (χ4n) is 2.16. The van der Waals surface area contributed by atoms with Crippen LogP contribution in [-0.2, 0) is 6.42 Å². The van der Waals surface area contributed by atoms with Gasteiger partial charge < -0.3 is 10.2 Å². The van der Waals surface area contributed by atoms with Crippen molar-refractivity contribution < 1.29 is 9.59 Å². The predicted octanol–water partition coefficient (Wildman–Crippen LogP) is 1.93. The first-order valence-corrected chi connectivity index (χ1v) is 7.89. The first-order chi connectivity index (χ1) is 11.5. The van der Waals surface area contributed by atoms with Gasteiger partial charge in [-0.1, -0.05) is 6.07 Å². The van der Waals surface area contributed by atoms with E-state index in [1.54, 1.807) is 42.5 Å². The number of hydrogen-bond acceptors (Lipinski definition) is 4. The molecule has 1 N–H and O–H groups in total. The van der Waals surface area contributed by atoms with Gasteiger partial charge in [0, 0.05) is 32.0 Å². The quantitative estimate of drug-likeness (QED) is 0.880. The third kappa shape index (κ3) is 4.87. The summed E-state index contributed by atoms with van der Waals surface area (Å²) in [6.45, 7) is 4.31. The van der Waals surface area contributed by atoms with E-state index >= 15 is 0 Å². The molecule has 0 saturated heterocycles. The van der Waals surface area contributed by atoms with Gasteiger partial charge in [0.25, 0.3) is 11.8 Å². The molecule has 0 aromatic carbocycles. The van der Waals surface area contributed by atoms with Crippen LogP contribution in [0.15, 0.2) is 42.7 Å². The maximum absolute atomic E-state index is 12.5. The molecule has 6 nitrogen and oxygen atoms in total. The minimum Gasteiger partial charge on any atom is -0.349 e. The van der Waals surface area contributed by atoms with Crippen LogP contribution < -0.4 is 5.32 Å². The first-order valence-electron chi connectivity index (χ1n) is 7.89. The van der Waals surface area contributed by atoms with Gasteiger partial charge in [0.1, 0.15) is 11.4 Å². The molecule has 0 radical (unpaired) electrons. The monoisotopic (exact) mass is 326 g/mol. The van der Waals surface area contributed by atoms with Crippen molar-refractivity contribution in [2.24, 2.45) is 0 Å². The summed E-state index contributed by atoms with van der Waals surface area (Å²) in [5.41, 5.74) is 1.63. The standard InChI is InChI=1S/C18H22N4O2/c1-13(2)20-17(23)15-5-4-6-16(21-15)18(24)22(3)12-9-14-7-10-19-11-8-14/h4-8,10-11,13H,9,12H2,1-3H3,(H,20,23). The number of carbonyl (C=O) groups is 2. The molecule has 0 atom stereocenters. The second-order valence-electron chi connectivity index (χ2n) is 5.87. The van der Waals surface area contributed by atoms with Crippen molar-refractivity contribution in [1.29, 1.82) is 0 Å². The van der Waals surface area contributed by atoms with Crippen LogP contribution >= 0.6 is 0 Å². The molecule has 6 heteroatoms. The summed E-state index contributed by atoms with van der Waals surface area (Å²) in [6.07, 6.45) is 4.20. The third-order valence-electron chi connectivity index (χ3n) is 3.45. The van der Waals surface area contributed by atoms with Crippen molar-refractivity contribution in [2.45, 2.75) is 26.3 Å². The van der Waals surface area contributed by atoms with Crippen LogP contribution in [0.3, 0.4) is 0 Å². The highest BCUT2D eigenvalue weighted by Crippen LogP contribution is 2.05. The molecule has 0 aliphatic rings. The van der Waals surface area contributed by atoms with Gasteiger partial charge in [-0.2, -0.15) is 0 Å². The number of likely N-dealkylation sites (N-methyl/N-ethyl adjacent to an activating group) is 1. The van der Waals surface area contributed by atoms with Gasteiger partial charge in [-0.15, -0.1) is 0 Å². The third-order valence-corrected chi connectivity index (χ3v) is 3.45. The van der Waals surface area contributed by atoms with Crippen molar-refractivity contribution in [3.8, 4) is 0 Å². The fourth-order valence-corrected chi connectivity index (χ4v) is 2.16. The summed E-state index contributed by atoms with van der Waals surface area (Å²) < 4.78 is 0. The van der Waals surface area contributed by atoms with Gasteiger partial charge in [0.05, 0.1) is 0 Å². The SMILES string of the molecule is CC(C)NC(=O)c1cccc(C(=O)N(C)CCc2ccncc2)n1. The molecule has 0 unspecified atom stereocenters. The van der Waals surface area contributed by atoms with Crippen LogP contribution in [0, 0.1) is 0 Å². The molecule has 0 aliphatic carbocycles. The number of nitrogens with one attached hydrogen (secondary N) is 1. The molecule has 2 aromatic rings. The maximum Gasteiger partial charge on any atom is 0.272 e. The van der Waals surface area contributed by atoms with Gasteiger partial charge in [-0.25, -0.2) is 4.98 Å². The van der Waals surface area contributed by atoms with E-state index in [0.717, 1.165) is 12.0 Å². The molecule has 0 bridgehead atoms. The van der Waals surface area contributed by atoms with E-state index in [2.05, 4.69) is 15.3 Å². The maximum atomic E-state index is 12.5. The van der Waals surface area contributed by atoms with Crippen LogP contribution in [0.4, 0.5) is 0 Å². The van der Waals surface area contributed by atoms with Gasteiger partial charge in [-0.05, 0) is 50.1 Å². The predicted molar refractivity (Wildman–Crippen MR) is 91.7 cm³/mol. The zero-order valence-electron chi connectivity index (χ0n) is 14.2. The van der Waals surface area contributed by atoms with Crippen molar-refractivity contribution in [3.63, 3.8) is 0 Å². The molecule has 0 fully saturated rings. The minimum absolute atomic E-state index is 0.0155. The Morgan fingerprint density at radius 1 is 1.12 bits per heavy atom. The highest BCUT2D eigenvalue weighted by molar-refractivity contribution is 5.96. The highest BCUT2D eigenvalue weighted by Gasteiger charge is 2.16. The Balaban J connectivity index is 2.02. The molecule has 2 rings (SSSR count). The highest BCUT2D eigenvalue weighted by atomic mass is 16.2. The van der Waals surface area contributed by atoms with E-state index in [9.17, 15) is 9.59 Å². The number of hydrogen-bond donors (Lipinski definition) is 1. The lowest BCUT2D eigenvalue weighted by Crippen LogP contribution is -2.32. The Labute approximate surface area is 141 Å². The Kier molecular flexibility index (Phi) is 6.01. The largest absolute Gasteiger partial charge is 0.349 e. The molecule has 0 aliphatic heterocycles. The summed E-state index contributed by atoms with van der Waals surface area (Å²) in [4.78, 5) is 34.3. The molecule has 0 spiro atoms. The number of nitrogens with zero attached hydrogens (tertiary/aromatic N) is 3. The van der Waals surface area contributed by atoms with Crippen molar-refractivity contribution in [2.75, 3.05) is 13.6 Å². The van der Waals surface area contributed by atoms with Crippen LogP contribution in [0.1, 0.15) is 40.4 Å². The number of amides is 2. The Hall–Kier alpha value is -2.76. The molecule has 2 heterocycles. The van der Waals surface area contributed by atoms with Gasteiger partial charge in [0.15, 0.2) is 0 Å². The van der Waals surface area contributed by atoms with E-state index in [4.69, 9.17) is 0 Å². The second-order valence-corrected chi connectivity index (χ2v) is 5.87. The summed E-state index contributed by atoms with van der Waals surface area (Å²) in [5, 5.41) is 2.77. The Morgan fingerprint density at radius 2 is 1.79 bits per heavy atom. The normalized spacial score (nSPS) is 10.5. The smallest absolute Gasteiger partial charge is 0.272 e. The summed E-state index contributed by atoms with van der Waals surface area (Å²) >= 11 is 0. The average molecular weight is 326 g/mol. The molecule has 2 amide bonds. The first kappa shape index (κ1) is 17.6. The number of aromatic nitrogens is 2. The average Bonchev–Trinajstić information content (AvgIpc) is 2.59. The van der Waals surface area contributed by atoms with Gasteiger partial charge in [0.2, 0.25) is 0 Å². The van der Waals surface area contributed by atoms with Crippen molar-refractivity contribution in [3.05, 3.63) is 59.7 Å². The number of pyridine rings is 2. The van der Waals surface area contributed by atoms with Gasteiger partial charge in [-0.3, -0.25) is 14.6 Å². The van der Waals surface area contributed by atoms with Crippen LogP contribution in [0.2, 0.25) is 0 Å². The Morgan fingerprint density at radius 3 is 2.46 bits per heavy atom. The van der Waals surface area contributed by atoms with E-state index in [1.165, 1.54) is 0 Å². The lowest BCUT2D eigenvalue weighted by molar-refractivity contribution is 0.0790.